The first-order valence-corrected chi connectivity index (χ1v) is 7.38. The second-order valence-corrected chi connectivity index (χ2v) is 5.44. The van der Waals surface area contributed by atoms with E-state index >= 15 is 0 Å². The summed E-state index contributed by atoms with van der Waals surface area (Å²) >= 11 is 0. The van der Waals surface area contributed by atoms with Crippen LogP contribution in [0.1, 0.15) is 13.0 Å². The van der Waals surface area contributed by atoms with Crippen molar-refractivity contribution < 1.29 is 13.6 Å². The molecule has 0 aliphatic heterocycles. The van der Waals surface area contributed by atoms with Gasteiger partial charge in [-0.25, -0.2) is 18.1 Å². The number of halogens is 2. The Bertz CT molecular complexity index is 1090. The van der Waals surface area contributed by atoms with E-state index in [0.29, 0.717) is 11.6 Å². The molecule has 0 radical (unpaired) electrons. The molecular weight excluding hydrogens is 332 g/mol. The van der Waals surface area contributed by atoms with Gasteiger partial charge < -0.3 is 10.3 Å². The van der Waals surface area contributed by atoms with Crippen molar-refractivity contribution in [2.75, 3.05) is 5.32 Å². The van der Waals surface area contributed by atoms with E-state index < -0.39 is 34.8 Å². The molecule has 0 bridgehead atoms. The highest BCUT2D eigenvalue weighted by Gasteiger charge is 2.21. The van der Waals surface area contributed by atoms with Crippen molar-refractivity contribution in [2.24, 2.45) is 0 Å². The van der Waals surface area contributed by atoms with Gasteiger partial charge in [0.1, 0.15) is 17.7 Å². The van der Waals surface area contributed by atoms with E-state index in [9.17, 15) is 23.2 Å². The van der Waals surface area contributed by atoms with Crippen molar-refractivity contribution in [3.63, 3.8) is 0 Å². The number of fused-ring (bicyclic) bond motifs is 1. The molecule has 2 N–H and O–H groups in total. The molecule has 25 heavy (non-hydrogen) atoms. The lowest BCUT2D eigenvalue weighted by Gasteiger charge is -2.15. The van der Waals surface area contributed by atoms with Crippen LogP contribution in [0.4, 0.5) is 14.5 Å². The number of rotatable bonds is 3. The van der Waals surface area contributed by atoms with Gasteiger partial charge in [-0.2, -0.15) is 0 Å². The van der Waals surface area contributed by atoms with Gasteiger partial charge >= 0.3 is 5.69 Å². The number of aromatic amines is 1. The fourth-order valence-corrected chi connectivity index (χ4v) is 2.47. The third kappa shape index (κ3) is 3.06. The quantitative estimate of drug-likeness (QED) is 0.763. The average Bonchev–Trinajstić information content (AvgIpc) is 2.57. The number of carbonyl (C=O) groups excluding carboxylic acids is 1. The molecule has 0 fully saturated rings. The van der Waals surface area contributed by atoms with Crippen molar-refractivity contribution in [2.45, 2.75) is 13.0 Å². The lowest BCUT2D eigenvalue weighted by molar-refractivity contribution is -0.119. The Morgan fingerprint density at radius 1 is 1.16 bits per heavy atom. The Morgan fingerprint density at radius 3 is 2.60 bits per heavy atom. The van der Waals surface area contributed by atoms with Crippen molar-refractivity contribution in [3.05, 3.63) is 74.9 Å². The molecule has 8 heteroatoms. The van der Waals surface area contributed by atoms with Crippen molar-refractivity contribution in [1.29, 1.82) is 0 Å². The van der Waals surface area contributed by atoms with Gasteiger partial charge in [-0.05, 0) is 31.2 Å². The molecule has 1 atom stereocenters. The summed E-state index contributed by atoms with van der Waals surface area (Å²) in [7, 11) is 0. The zero-order valence-corrected chi connectivity index (χ0v) is 13.0. The van der Waals surface area contributed by atoms with Gasteiger partial charge in [0, 0.05) is 6.07 Å². The van der Waals surface area contributed by atoms with Gasteiger partial charge in [-0.3, -0.25) is 9.59 Å². The number of aromatic nitrogens is 2. The number of benzene rings is 2. The Morgan fingerprint density at radius 2 is 1.88 bits per heavy atom. The maximum atomic E-state index is 13.7. The highest BCUT2D eigenvalue weighted by Crippen LogP contribution is 2.16. The largest absolute Gasteiger partial charge is 0.329 e. The summed E-state index contributed by atoms with van der Waals surface area (Å²) in [5, 5.41) is 2.49. The molecule has 128 valence electrons. The van der Waals surface area contributed by atoms with E-state index in [1.54, 1.807) is 18.2 Å². The van der Waals surface area contributed by atoms with Crippen LogP contribution in [-0.4, -0.2) is 15.5 Å². The summed E-state index contributed by atoms with van der Waals surface area (Å²) in [5.41, 5.74) is -1.29. The molecule has 2 aromatic carbocycles. The molecule has 3 rings (SSSR count). The van der Waals surface area contributed by atoms with Crippen molar-refractivity contribution in [1.82, 2.24) is 9.55 Å². The van der Waals surface area contributed by atoms with Crippen LogP contribution in [0, 0.1) is 11.6 Å². The standard InChI is InChI=1S/C17H13F2N3O3/c1-9(15(23)20-14-7-6-10(18)8-12(14)19)22-16(24)11-4-2-3-5-13(11)21-17(22)25/h2-9H,1H3,(H,20,23)(H,21,25)/t9-/m0/s1. The molecule has 0 spiro atoms. The number of hydrogen-bond acceptors (Lipinski definition) is 3. The van der Waals surface area contributed by atoms with E-state index in [-0.39, 0.29) is 11.1 Å². The highest BCUT2D eigenvalue weighted by molar-refractivity contribution is 5.93. The summed E-state index contributed by atoms with van der Waals surface area (Å²) in [5.74, 6) is -2.53. The Hall–Kier alpha value is -3.29. The average molecular weight is 345 g/mol. The molecule has 0 saturated carbocycles. The molecule has 0 saturated heterocycles. The molecule has 6 nitrogen and oxygen atoms in total. The van der Waals surface area contributed by atoms with E-state index in [1.807, 2.05) is 0 Å². The SMILES string of the molecule is C[C@@H](C(=O)Nc1ccc(F)cc1F)n1c(=O)[nH]c2ccccc2c1=O. The molecule has 0 aliphatic carbocycles. The first kappa shape index (κ1) is 16.6. The number of nitrogens with zero attached hydrogens (tertiary/aromatic N) is 1. The van der Waals surface area contributed by atoms with E-state index in [4.69, 9.17) is 0 Å². The Kier molecular flexibility index (Phi) is 4.18. The fraction of sp³-hybridized carbons (Fsp3) is 0.118. The highest BCUT2D eigenvalue weighted by atomic mass is 19.1. The van der Waals surface area contributed by atoms with Gasteiger partial charge in [0.25, 0.3) is 5.56 Å². The van der Waals surface area contributed by atoms with Gasteiger partial charge in [0.05, 0.1) is 16.6 Å². The van der Waals surface area contributed by atoms with E-state index in [0.717, 1.165) is 16.7 Å². The number of para-hydroxylation sites is 1. The molecule has 1 heterocycles. The molecule has 0 unspecified atom stereocenters. The summed E-state index contributed by atoms with van der Waals surface area (Å²) in [6.07, 6.45) is 0. The second-order valence-electron chi connectivity index (χ2n) is 5.44. The smallest absolute Gasteiger partial charge is 0.322 e. The first-order chi connectivity index (χ1) is 11.9. The predicted octanol–water partition coefficient (Wildman–Crippen LogP) is 2.17. The minimum Gasteiger partial charge on any atom is -0.322 e. The van der Waals surface area contributed by atoms with Crippen molar-refractivity contribution >= 4 is 22.5 Å². The number of H-pyrrole nitrogens is 1. The maximum Gasteiger partial charge on any atom is 0.329 e. The van der Waals surface area contributed by atoms with E-state index in [1.165, 1.54) is 13.0 Å². The molecular formula is C17H13F2N3O3. The van der Waals surface area contributed by atoms with Gasteiger partial charge in [0.15, 0.2) is 0 Å². The monoisotopic (exact) mass is 345 g/mol. The summed E-state index contributed by atoms with van der Waals surface area (Å²) in [4.78, 5) is 39.5. The van der Waals surface area contributed by atoms with Crippen LogP contribution in [0.2, 0.25) is 0 Å². The number of nitrogens with one attached hydrogen (secondary N) is 2. The van der Waals surface area contributed by atoms with Gasteiger partial charge in [-0.15, -0.1) is 0 Å². The maximum absolute atomic E-state index is 13.7. The fourth-order valence-electron chi connectivity index (χ4n) is 2.47. The van der Waals surface area contributed by atoms with Crippen LogP contribution in [0.25, 0.3) is 10.9 Å². The lowest BCUT2D eigenvalue weighted by atomic mass is 10.2. The Labute approximate surface area is 139 Å². The molecule has 1 aromatic heterocycles. The number of anilines is 1. The Balaban J connectivity index is 1.99. The number of hydrogen-bond donors (Lipinski definition) is 2. The molecule has 3 aromatic rings. The molecule has 1 amide bonds. The lowest BCUT2D eigenvalue weighted by Crippen LogP contribution is -2.41. The zero-order chi connectivity index (χ0) is 18.1. The van der Waals surface area contributed by atoms with Crippen LogP contribution in [0.3, 0.4) is 0 Å². The second kappa shape index (κ2) is 6.31. The minimum atomic E-state index is -1.20. The summed E-state index contributed by atoms with van der Waals surface area (Å²) in [6.45, 7) is 1.34. The van der Waals surface area contributed by atoms with Gasteiger partial charge in [0.2, 0.25) is 5.91 Å². The van der Waals surface area contributed by atoms with Crippen LogP contribution < -0.4 is 16.6 Å². The zero-order valence-electron chi connectivity index (χ0n) is 13.0. The normalized spacial score (nSPS) is 12.1. The third-order valence-electron chi connectivity index (χ3n) is 3.79. The first-order valence-electron chi connectivity index (χ1n) is 7.38. The van der Waals surface area contributed by atoms with Crippen LogP contribution in [-0.2, 0) is 4.79 Å². The summed E-state index contributed by atoms with van der Waals surface area (Å²) < 4.78 is 27.3. The third-order valence-corrected chi connectivity index (χ3v) is 3.79. The topological polar surface area (TPSA) is 84.0 Å². The van der Waals surface area contributed by atoms with Gasteiger partial charge in [-0.1, -0.05) is 12.1 Å². The molecule has 0 aliphatic rings. The predicted molar refractivity (Wildman–Crippen MR) is 88.5 cm³/mol. The number of amides is 1. The number of carbonyl (C=O) groups is 1. The van der Waals surface area contributed by atoms with E-state index in [2.05, 4.69) is 10.3 Å². The van der Waals surface area contributed by atoms with Crippen LogP contribution in [0.5, 0.6) is 0 Å². The minimum absolute atomic E-state index is 0.245. The van der Waals surface area contributed by atoms with Crippen molar-refractivity contribution in [3.8, 4) is 0 Å². The van der Waals surface area contributed by atoms with Crippen LogP contribution in [0.15, 0.2) is 52.1 Å². The summed E-state index contributed by atoms with van der Waals surface area (Å²) in [6, 6.07) is 7.84. The van der Waals surface area contributed by atoms with Crippen LogP contribution >= 0.6 is 0 Å².